The SMILES string of the molecule is COC(=O)C1CCCCN1C(=O)C1CSCCN1. The Labute approximate surface area is 112 Å². The number of esters is 1. The third-order valence-corrected chi connectivity index (χ3v) is 4.54. The van der Waals surface area contributed by atoms with Crippen molar-refractivity contribution in [3.63, 3.8) is 0 Å². The summed E-state index contributed by atoms with van der Waals surface area (Å²) in [5.74, 6) is 1.61. The highest BCUT2D eigenvalue weighted by Crippen LogP contribution is 2.20. The maximum Gasteiger partial charge on any atom is 0.328 e. The molecule has 1 N–H and O–H groups in total. The Morgan fingerprint density at radius 1 is 1.39 bits per heavy atom. The first-order valence-electron chi connectivity index (χ1n) is 6.43. The van der Waals surface area contributed by atoms with Crippen molar-refractivity contribution in [1.82, 2.24) is 10.2 Å². The number of hydrogen-bond acceptors (Lipinski definition) is 5. The van der Waals surface area contributed by atoms with Crippen molar-refractivity contribution in [2.45, 2.75) is 31.3 Å². The Morgan fingerprint density at radius 2 is 2.22 bits per heavy atom. The Hall–Kier alpha value is -0.750. The van der Waals surface area contributed by atoms with Gasteiger partial charge in [0.05, 0.1) is 13.2 Å². The number of likely N-dealkylation sites (tertiary alicyclic amines) is 1. The quantitative estimate of drug-likeness (QED) is 0.730. The first kappa shape index (κ1) is 13.7. The van der Waals surface area contributed by atoms with Crippen LogP contribution in [0.4, 0.5) is 0 Å². The largest absolute Gasteiger partial charge is 0.467 e. The van der Waals surface area contributed by atoms with Crippen molar-refractivity contribution in [2.75, 3.05) is 31.7 Å². The van der Waals surface area contributed by atoms with E-state index in [-0.39, 0.29) is 24.0 Å². The van der Waals surface area contributed by atoms with E-state index in [2.05, 4.69) is 5.32 Å². The maximum atomic E-state index is 12.4. The van der Waals surface area contributed by atoms with Crippen molar-refractivity contribution in [3.8, 4) is 0 Å². The average molecular weight is 272 g/mol. The molecule has 2 rings (SSSR count). The summed E-state index contributed by atoms with van der Waals surface area (Å²) in [5.41, 5.74) is 0. The van der Waals surface area contributed by atoms with Gasteiger partial charge in [-0.25, -0.2) is 4.79 Å². The zero-order chi connectivity index (χ0) is 13.0. The lowest BCUT2D eigenvalue weighted by Gasteiger charge is -2.37. The van der Waals surface area contributed by atoms with Gasteiger partial charge >= 0.3 is 5.97 Å². The van der Waals surface area contributed by atoms with Crippen molar-refractivity contribution in [3.05, 3.63) is 0 Å². The number of carbonyl (C=O) groups is 2. The average Bonchev–Trinajstić information content (AvgIpc) is 2.46. The molecule has 2 atom stereocenters. The number of hydrogen-bond donors (Lipinski definition) is 1. The molecule has 0 bridgehead atoms. The second kappa shape index (κ2) is 6.43. The number of methoxy groups -OCH3 is 1. The normalized spacial score (nSPS) is 28.8. The molecule has 2 unspecified atom stereocenters. The lowest BCUT2D eigenvalue weighted by Crippen LogP contribution is -2.56. The molecule has 0 aromatic rings. The van der Waals surface area contributed by atoms with E-state index in [1.807, 2.05) is 0 Å². The van der Waals surface area contributed by atoms with Gasteiger partial charge in [0, 0.05) is 24.6 Å². The van der Waals surface area contributed by atoms with Crippen LogP contribution in [0.1, 0.15) is 19.3 Å². The van der Waals surface area contributed by atoms with E-state index in [1.54, 1.807) is 16.7 Å². The smallest absolute Gasteiger partial charge is 0.328 e. The van der Waals surface area contributed by atoms with Crippen LogP contribution in [0, 0.1) is 0 Å². The molecule has 0 aromatic heterocycles. The summed E-state index contributed by atoms with van der Waals surface area (Å²) in [6.45, 7) is 1.53. The Morgan fingerprint density at radius 3 is 2.89 bits per heavy atom. The second-order valence-corrected chi connectivity index (χ2v) is 5.80. The fraction of sp³-hybridized carbons (Fsp3) is 0.833. The number of nitrogens with zero attached hydrogens (tertiary/aromatic N) is 1. The molecule has 0 saturated carbocycles. The molecule has 2 fully saturated rings. The summed E-state index contributed by atoms with van der Waals surface area (Å²) in [4.78, 5) is 25.9. The van der Waals surface area contributed by atoms with Crippen LogP contribution in [0.5, 0.6) is 0 Å². The molecule has 2 aliphatic heterocycles. The standard InChI is InChI=1S/C12H20N2O3S/c1-17-12(16)10-4-2-3-6-14(10)11(15)9-8-18-7-5-13-9/h9-10,13H,2-8H2,1H3. The number of carbonyl (C=O) groups excluding carboxylic acids is 2. The summed E-state index contributed by atoms with van der Waals surface area (Å²) in [6.07, 6.45) is 2.67. The van der Waals surface area contributed by atoms with Crippen molar-refractivity contribution in [1.29, 1.82) is 0 Å². The van der Waals surface area contributed by atoms with E-state index < -0.39 is 0 Å². The van der Waals surface area contributed by atoms with E-state index in [0.29, 0.717) is 6.54 Å². The highest BCUT2D eigenvalue weighted by atomic mass is 32.2. The summed E-state index contributed by atoms with van der Waals surface area (Å²) in [5, 5.41) is 3.23. The molecule has 18 heavy (non-hydrogen) atoms. The molecule has 0 radical (unpaired) electrons. The first-order valence-corrected chi connectivity index (χ1v) is 7.59. The van der Waals surface area contributed by atoms with Crippen LogP contribution in [0.15, 0.2) is 0 Å². The van der Waals surface area contributed by atoms with Gasteiger partial charge < -0.3 is 15.0 Å². The Balaban J connectivity index is 2.03. The van der Waals surface area contributed by atoms with Gasteiger partial charge in [0.2, 0.25) is 5.91 Å². The highest BCUT2D eigenvalue weighted by Gasteiger charge is 2.36. The van der Waals surface area contributed by atoms with Crippen LogP contribution in [-0.4, -0.2) is 60.6 Å². The minimum absolute atomic E-state index is 0.0531. The zero-order valence-electron chi connectivity index (χ0n) is 10.7. The predicted molar refractivity (Wildman–Crippen MR) is 70.5 cm³/mol. The number of thioether (sulfide) groups is 1. The summed E-state index contributed by atoms with van der Waals surface area (Å²) in [7, 11) is 1.38. The highest BCUT2D eigenvalue weighted by molar-refractivity contribution is 7.99. The van der Waals surface area contributed by atoms with Crippen molar-refractivity contribution < 1.29 is 14.3 Å². The summed E-state index contributed by atoms with van der Waals surface area (Å²) >= 11 is 1.78. The molecule has 2 saturated heterocycles. The lowest BCUT2D eigenvalue weighted by molar-refractivity contribution is -0.155. The van der Waals surface area contributed by atoms with Gasteiger partial charge in [0.15, 0.2) is 0 Å². The Kier molecular flexibility index (Phi) is 4.88. The van der Waals surface area contributed by atoms with Gasteiger partial charge in [-0.2, -0.15) is 11.8 Å². The molecule has 5 nitrogen and oxygen atoms in total. The number of ether oxygens (including phenoxy) is 1. The minimum atomic E-state index is -0.384. The molecule has 0 aliphatic carbocycles. The molecule has 0 spiro atoms. The van der Waals surface area contributed by atoms with Gasteiger partial charge in [-0.1, -0.05) is 0 Å². The second-order valence-electron chi connectivity index (χ2n) is 4.65. The van der Waals surface area contributed by atoms with E-state index >= 15 is 0 Å². The van der Waals surface area contributed by atoms with Crippen LogP contribution >= 0.6 is 11.8 Å². The van der Waals surface area contributed by atoms with Crippen LogP contribution in [0.2, 0.25) is 0 Å². The summed E-state index contributed by atoms with van der Waals surface area (Å²) in [6, 6.07) is -0.529. The van der Waals surface area contributed by atoms with E-state index in [4.69, 9.17) is 4.74 Å². The van der Waals surface area contributed by atoms with Gasteiger partial charge in [0.1, 0.15) is 6.04 Å². The minimum Gasteiger partial charge on any atom is -0.467 e. The number of piperidine rings is 1. The molecule has 2 heterocycles. The van der Waals surface area contributed by atoms with Crippen molar-refractivity contribution >= 4 is 23.6 Å². The molecule has 102 valence electrons. The number of amides is 1. The van der Waals surface area contributed by atoms with Crippen molar-refractivity contribution in [2.24, 2.45) is 0 Å². The topological polar surface area (TPSA) is 58.6 Å². The fourth-order valence-electron chi connectivity index (χ4n) is 2.50. The molecule has 6 heteroatoms. The van der Waals surface area contributed by atoms with Crippen LogP contribution in [-0.2, 0) is 14.3 Å². The van der Waals surface area contributed by atoms with Gasteiger partial charge in [0.25, 0.3) is 0 Å². The van der Waals surface area contributed by atoms with E-state index in [1.165, 1.54) is 7.11 Å². The predicted octanol–water partition coefficient (Wildman–Crippen LogP) is 0.245. The fourth-order valence-corrected chi connectivity index (χ4v) is 3.43. The maximum absolute atomic E-state index is 12.4. The molecular weight excluding hydrogens is 252 g/mol. The van der Waals surface area contributed by atoms with Gasteiger partial charge in [-0.15, -0.1) is 0 Å². The van der Waals surface area contributed by atoms with Gasteiger partial charge in [-0.05, 0) is 19.3 Å². The van der Waals surface area contributed by atoms with Gasteiger partial charge in [-0.3, -0.25) is 4.79 Å². The monoisotopic (exact) mass is 272 g/mol. The third kappa shape index (κ3) is 2.98. The molecule has 0 aromatic carbocycles. The van der Waals surface area contributed by atoms with E-state index in [9.17, 15) is 9.59 Å². The van der Waals surface area contributed by atoms with Crippen LogP contribution in [0.25, 0.3) is 0 Å². The molecular formula is C12H20N2O3S. The van der Waals surface area contributed by atoms with E-state index in [0.717, 1.165) is 37.3 Å². The lowest BCUT2D eigenvalue weighted by atomic mass is 10.0. The zero-order valence-corrected chi connectivity index (χ0v) is 11.5. The Bertz CT molecular complexity index is 318. The first-order chi connectivity index (χ1) is 8.74. The van der Waals surface area contributed by atoms with Crippen LogP contribution < -0.4 is 5.32 Å². The summed E-state index contributed by atoms with van der Waals surface area (Å²) < 4.78 is 4.80. The number of rotatable bonds is 2. The molecule has 2 aliphatic rings. The third-order valence-electron chi connectivity index (χ3n) is 3.48. The molecule has 1 amide bonds. The van der Waals surface area contributed by atoms with Crippen LogP contribution in [0.3, 0.4) is 0 Å². The number of nitrogens with one attached hydrogen (secondary N) is 1.